The van der Waals surface area contributed by atoms with Crippen LogP contribution in [0.4, 0.5) is 5.13 Å². The maximum absolute atomic E-state index is 11.9. The molecule has 0 aliphatic rings. The van der Waals surface area contributed by atoms with E-state index in [0.717, 1.165) is 15.1 Å². The number of aromatic nitrogens is 1. The van der Waals surface area contributed by atoms with E-state index in [1.807, 2.05) is 30.3 Å². The fourth-order valence-corrected chi connectivity index (χ4v) is 3.64. The van der Waals surface area contributed by atoms with Crippen molar-refractivity contribution in [2.45, 2.75) is 4.90 Å². The first kappa shape index (κ1) is 16.9. The van der Waals surface area contributed by atoms with Gasteiger partial charge in [-0.15, -0.1) is 11.8 Å². The average molecular weight is 380 g/mol. The van der Waals surface area contributed by atoms with E-state index >= 15 is 0 Å². The fourth-order valence-electron chi connectivity index (χ4n) is 1.98. The van der Waals surface area contributed by atoms with Gasteiger partial charge in [0.05, 0.1) is 17.6 Å². The van der Waals surface area contributed by atoms with Crippen LogP contribution in [0, 0.1) is 0 Å². The van der Waals surface area contributed by atoms with Crippen LogP contribution < -0.4 is 15.6 Å². The molecule has 1 aromatic heterocycles. The van der Waals surface area contributed by atoms with Crippen molar-refractivity contribution >= 4 is 56.0 Å². The number of ether oxygens (including phenoxy) is 1. The SMILES string of the molecule is COc1cccc2sc(NNC(=O)CSc3ccc(Cl)cc3)nc12. The number of methoxy groups -OCH3 is 1. The molecule has 3 rings (SSSR count). The lowest BCUT2D eigenvalue weighted by atomic mass is 10.3. The zero-order valence-corrected chi connectivity index (χ0v) is 15.1. The lowest BCUT2D eigenvalue weighted by molar-refractivity contribution is -0.118. The Bertz CT molecular complexity index is 852. The summed E-state index contributed by atoms with van der Waals surface area (Å²) >= 11 is 8.72. The van der Waals surface area contributed by atoms with Crippen molar-refractivity contribution in [3.05, 3.63) is 47.5 Å². The van der Waals surface area contributed by atoms with Gasteiger partial charge in [-0.3, -0.25) is 15.6 Å². The van der Waals surface area contributed by atoms with Crippen LogP contribution in [-0.2, 0) is 4.79 Å². The van der Waals surface area contributed by atoms with Crippen molar-refractivity contribution < 1.29 is 9.53 Å². The quantitative estimate of drug-likeness (QED) is 0.496. The van der Waals surface area contributed by atoms with E-state index < -0.39 is 0 Å². The van der Waals surface area contributed by atoms with Crippen molar-refractivity contribution in [1.29, 1.82) is 0 Å². The van der Waals surface area contributed by atoms with Gasteiger partial charge >= 0.3 is 0 Å². The molecule has 0 fully saturated rings. The molecule has 0 saturated carbocycles. The summed E-state index contributed by atoms with van der Waals surface area (Å²) in [4.78, 5) is 17.3. The Kier molecular flexibility index (Phi) is 5.44. The zero-order chi connectivity index (χ0) is 16.9. The molecule has 0 bridgehead atoms. The first-order chi connectivity index (χ1) is 11.7. The van der Waals surface area contributed by atoms with Crippen LogP contribution in [0.25, 0.3) is 10.2 Å². The topological polar surface area (TPSA) is 63.2 Å². The molecule has 8 heteroatoms. The second-order valence-corrected chi connectivity index (χ2v) is 7.26. The Balaban J connectivity index is 1.55. The molecule has 1 heterocycles. The van der Waals surface area contributed by atoms with Gasteiger partial charge in [-0.1, -0.05) is 29.0 Å². The van der Waals surface area contributed by atoms with E-state index in [0.29, 0.717) is 21.7 Å². The van der Waals surface area contributed by atoms with Crippen molar-refractivity contribution in [3.8, 4) is 5.75 Å². The molecule has 3 aromatic rings. The van der Waals surface area contributed by atoms with Gasteiger partial charge in [0, 0.05) is 9.92 Å². The van der Waals surface area contributed by atoms with Crippen LogP contribution in [0.15, 0.2) is 47.4 Å². The molecule has 0 aliphatic carbocycles. The molecule has 24 heavy (non-hydrogen) atoms. The van der Waals surface area contributed by atoms with Crippen molar-refractivity contribution in [2.75, 3.05) is 18.3 Å². The molecule has 2 N–H and O–H groups in total. The van der Waals surface area contributed by atoms with Gasteiger partial charge in [0.25, 0.3) is 0 Å². The number of nitrogens with zero attached hydrogens (tertiary/aromatic N) is 1. The Morgan fingerprint density at radius 3 is 2.83 bits per heavy atom. The smallest absolute Gasteiger partial charge is 0.248 e. The third-order valence-electron chi connectivity index (χ3n) is 3.09. The van der Waals surface area contributed by atoms with Crippen molar-refractivity contribution in [3.63, 3.8) is 0 Å². The average Bonchev–Trinajstić information content (AvgIpc) is 3.02. The number of fused-ring (bicyclic) bond motifs is 1. The molecular formula is C16H14ClN3O2S2. The Morgan fingerprint density at radius 2 is 2.08 bits per heavy atom. The summed E-state index contributed by atoms with van der Waals surface area (Å²) < 4.78 is 6.27. The van der Waals surface area contributed by atoms with Crippen LogP contribution >= 0.6 is 34.7 Å². The summed E-state index contributed by atoms with van der Waals surface area (Å²) in [5.74, 6) is 0.866. The maximum atomic E-state index is 11.9. The van der Waals surface area contributed by atoms with Crippen LogP contribution in [0.1, 0.15) is 0 Å². The lowest BCUT2D eigenvalue weighted by Crippen LogP contribution is -2.30. The zero-order valence-electron chi connectivity index (χ0n) is 12.7. The fraction of sp³-hybridized carbons (Fsp3) is 0.125. The Morgan fingerprint density at radius 1 is 1.29 bits per heavy atom. The first-order valence-corrected chi connectivity index (χ1v) is 9.20. The Labute approximate surface area is 152 Å². The van der Waals surface area contributed by atoms with Crippen LogP contribution in [0.2, 0.25) is 5.02 Å². The summed E-state index contributed by atoms with van der Waals surface area (Å²) in [5, 5.41) is 1.29. The molecule has 1 amide bonds. The number of benzene rings is 2. The molecule has 2 aromatic carbocycles. The number of thiazole rings is 1. The number of rotatable bonds is 6. The van der Waals surface area contributed by atoms with Gasteiger partial charge in [0.15, 0.2) is 0 Å². The molecule has 0 saturated heterocycles. The van der Waals surface area contributed by atoms with Gasteiger partial charge in [-0.25, -0.2) is 4.98 Å². The minimum Gasteiger partial charge on any atom is -0.494 e. The van der Waals surface area contributed by atoms with E-state index in [4.69, 9.17) is 16.3 Å². The largest absolute Gasteiger partial charge is 0.494 e. The highest BCUT2D eigenvalue weighted by Crippen LogP contribution is 2.31. The second-order valence-electron chi connectivity index (χ2n) is 4.74. The highest BCUT2D eigenvalue weighted by atomic mass is 35.5. The maximum Gasteiger partial charge on any atom is 0.248 e. The van der Waals surface area contributed by atoms with E-state index in [-0.39, 0.29) is 5.91 Å². The number of thioether (sulfide) groups is 1. The molecule has 5 nitrogen and oxygen atoms in total. The third kappa shape index (κ3) is 4.11. The normalized spacial score (nSPS) is 10.6. The molecule has 0 aliphatic heterocycles. The molecule has 124 valence electrons. The number of hydrazine groups is 1. The number of carbonyl (C=O) groups excluding carboxylic acids is 1. The van der Waals surface area contributed by atoms with Gasteiger partial charge in [0.2, 0.25) is 11.0 Å². The van der Waals surface area contributed by atoms with E-state index in [1.54, 1.807) is 19.2 Å². The Hall–Kier alpha value is -1.96. The van der Waals surface area contributed by atoms with Gasteiger partial charge in [-0.2, -0.15) is 0 Å². The lowest BCUT2D eigenvalue weighted by Gasteiger charge is -2.05. The molecule has 0 spiro atoms. The number of hydrogen-bond donors (Lipinski definition) is 2. The van der Waals surface area contributed by atoms with Crippen LogP contribution in [-0.4, -0.2) is 23.8 Å². The van der Waals surface area contributed by atoms with Gasteiger partial charge in [-0.05, 0) is 36.4 Å². The number of para-hydroxylation sites is 1. The van der Waals surface area contributed by atoms with E-state index in [2.05, 4.69) is 15.8 Å². The number of anilines is 1. The van der Waals surface area contributed by atoms with Crippen LogP contribution in [0.3, 0.4) is 0 Å². The molecule has 0 atom stereocenters. The summed E-state index contributed by atoms with van der Waals surface area (Å²) in [7, 11) is 1.61. The predicted molar refractivity (Wildman–Crippen MR) is 100 cm³/mol. The van der Waals surface area contributed by atoms with Gasteiger partial charge in [0.1, 0.15) is 11.3 Å². The highest BCUT2D eigenvalue weighted by molar-refractivity contribution is 8.00. The molecule has 0 unspecified atom stereocenters. The number of amides is 1. The third-order valence-corrected chi connectivity index (χ3v) is 5.29. The highest BCUT2D eigenvalue weighted by Gasteiger charge is 2.09. The number of halogens is 1. The van der Waals surface area contributed by atoms with Crippen molar-refractivity contribution in [1.82, 2.24) is 10.4 Å². The predicted octanol–water partition coefficient (Wildman–Crippen LogP) is 4.19. The summed E-state index contributed by atoms with van der Waals surface area (Å²) in [6.07, 6.45) is 0. The standard InChI is InChI=1S/C16H14ClN3O2S2/c1-22-12-3-2-4-13-15(12)18-16(24-13)20-19-14(21)9-23-11-7-5-10(17)6-8-11/h2-8H,9H2,1H3,(H,18,20)(H,19,21). The number of nitrogens with one attached hydrogen (secondary N) is 2. The molecular weight excluding hydrogens is 366 g/mol. The number of hydrogen-bond acceptors (Lipinski definition) is 6. The monoisotopic (exact) mass is 379 g/mol. The molecule has 0 radical (unpaired) electrons. The minimum absolute atomic E-state index is 0.138. The number of carbonyl (C=O) groups is 1. The first-order valence-electron chi connectivity index (χ1n) is 7.02. The second kappa shape index (κ2) is 7.74. The summed E-state index contributed by atoms with van der Waals surface area (Å²) in [6, 6.07) is 13.1. The summed E-state index contributed by atoms with van der Waals surface area (Å²) in [6.45, 7) is 0. The van der Waals surface area contributed by atoms with Crippen molar-refractivity contribution in [2.24, 2.45) is 0 Å². The van der Waals surface area contributed by atoms with Gasteiger partial charge < -0.3 is 4.74 Å². The van der Waals surface area contributed by atoms with E-state index in [1.165, 1.54) is 23.1 Å². The van der Waals surface area contributed by atoms with E-state index in [9.17, 15) is 4.79 Å². The minimum atomic E-state index is -0.138. The summed E-state index contributed by atoms with van der Waals surface area (Å²) in [5.41, 5.74) is 6.27. The van der Waals surface area contributed by atoms with Crippen LogP contribution in [0.5, 0.6) is 5.75 Å².